The number of esters is 2. The lowest BCUT2D eigenvalue weighted by atomic mass is 9.80. The summed E-state index contributed by atoms with van der Waals surface area (Å²) in [4.78, 5) is 49.8. The van der Waals surface area contributed by atoms with Crippen LogP contribution >= 0.6 is 0 Å². The maximum atomic E-state index is 13.6. The van der Waals surface area contributed by atoms with Gasteiger partial charge < -0.3 is 39.0 Å². The number of ether oxygens (including phenoxy) is 2. The van der Waals surface area contributed by atoms with E-state index in [4.69, 9.17) is 28.4 Å². The summed E-state index contributed by atoms with van der Waals surface area (Å²) in [7, 11) is -5.26. The highest BCUT2D eigenvalue weighted by molar-refractivity contribution is 7.90. The average molecular weight is 1140 g/mol. The molecule has 0 aliphatic heterocycles. The molecule has 80 heavy (non-hydrogen) atoms. The molecule has 0 radical (unpaired) electrons. The topological polar surface area (TPSA) is 246 Å². The van der Waals surface area contributed by atoms with Gasteiger partial charge in [-0.15, -0.1) is 0 Å². The fourth-order valence-electron chi connectivity index (χ4n) is 8.21. The van der Waals surface area contributed by atoms with Crippen molar-refractivity contribution in [1.29, 1.82) is 0 Å². The number of carbonyl (C=O) groups excluding carboxylic acids is 4. The monoisotopic (exact) mass is 1130 g/mol. The van der Waals surface area contributed by atoms with Gasteiger partial charge in [-0.3, -0.25) is 9.59 Å². The number of furan rings is 2. The van der Waals surface area contributed by atoms with E-state index in [1.807, 2.05) is 0 Å². The summed E-state index contributed by atoms with van der Waals surface area (Å²) in [5, 5.41) is 24.2. The number of rotatable bonds is 12. The van der Waals surface area contributed by atoms with E-state index >= 15 is 0 Å². The van der Waals surface area contributed by atoms with Crippen LogP contribution in [0.3, 0.4) is 0 Å². The van der Waals surface area contributed by atoms with Crippen molar-refractivity contribution in [3.8, 4) is 33.8 Å². The largest absolute Gasteiger partial charge is 0.488 e. The molecule has 16 nitrogen and oxygen atoms in total. The normalized spacial score (nSPS) is 11.7. The fraction of sp³-hybridized carbons (Fsp3) is 0.254. The second-order valence-corrected chi connectivity index (χ2v) is 25.1. The third-order valence-corrected chi connectivity index (χ3v) is 13.3. The Morgan fingerprint density at radius 2 is 0.975 bits per heavy atom. The lowest BCUT2D eigenvalue weighted by molar-refractivity contribution is 0.00571. The van der Waals surface area contributed by atoms with Gasteiger partial charge >= 0.3 is 19.1 Å². The third kappa shape index (κ3) is 16.1. The van der Waals surface area contributed by atoms with Crippen molar-refractivity contribution in [2.24, 2.45) is 0 Å². The van der Waals surface area contributed by atoms with Gasteiger partial charge in [0.1, 0.15) is 45.5 Å². The number of fused-ring (bicyclic) bond motifs is 2. The van der Waals surface area contributed by atoms with E-state index in [0.717, 1.165) is 11.8 Å². The van der Waals surface area contributed by atoms with Gasteiger partial charge in [0, 0.05) is 48.5 Å². The molecule has 4 N–H and O–H groups in total. The fourth-order valence-corrected chi connectivity index (χ4v) is 9.89. The molecule has 8 rings (SSSR count). The second kappa shape index (κ2) is 24.6. The summed E-state index contributed by atoms with van der Waals surface area (Å²) < 4.78 is 97.3. The Hall–Kier alpha value is -7.98. The summed E-state index contributed by atoms with van der Waals surface area (Å²) in [6.07, 6.45) is 2.29. The quantitative estimate of drug-likeness (QED) is 0.0658. The van der Waals surface area contributed by atoms with E-state index in [0.29, 0.717) is 77.8 Å². The molecule has 2 heterocycles. The van der Waals surface area contributed by atoms with Gasteiger partial charge in [-0.1, -0.05) is 24.3 Å². The number of aryl methyl sites for hydroxylation is 1. The molecule has 21 heteroatoms. The zero-order valence-corrected chi connectivity index (χ0v) is 47.5. The average Bonchev–Trinajstić information content (AvgIpc) is 4.03. The highest BCUT2D eigenvalue weighted by Crippen LogP contribution is 2.40. The molecule has 0 saturated heterocycles. The molecule has 2 amide bonds. The van der Waals surface area contributed by atoms with Crippen LogP contribution in [0.1, 0.15) is 99.7 Å². The second-order valence-electron chi connectivity index (χ2n) is 20.8. The lowest BCUT2D eigenvalue weighted by Crippen LogP contribution is -2.31. The van der Waals surface area contributed by atoms with Gasteiger partial charge in [0.25, 0.3) is 11.8 Å². The summed E-state index contributed by atoms with van der Waals surface area (Å²) in [6, 6.07) is 30.6. The highest BCUT2D eigenvalue weighted by atomic mass is 32.2. The van der Waals surface area contributed by atoms with Crippen molar-refractivity contribution in [1.82, 2.24) is 10.6 Å². The van der Waals surface area contributed by atoms with E-state index in [1.54, 1.807) is 109 Å². The van der Waals surface area contributed by atoms with Crippen molar-refractivity contribution in [2.45, 2.75) is 71.2 Å². The molecular weight excluding hydrogens is 1070 g/mol. The molecule has 0 aliphatic rings. The summed E-state index contributed by atoms with van der Waals surface area (Å²) >= 11 is 0. The van der Waals surface area contributed by atoms with E-state index in [2.05, 4.69) is 10.6 Å². The van der Waals surface area contributed by atoms with Crippen molar-refractivity contribution in [3.63, 3.8) is 0 Å². The first kappa shape index (κ1) is 61.2. The van der Waals surface area contributed by atoms with Crippen LogP contribution in [0.25, 0.3) is 55.7 Å². The first-order chi connectivity index (χ1) is 37.2. The Morgan fingerprint density at radius 1 is 0.562 bits per heavy atom. The number of carbonyl (C=O) groups is 4. The Bertz CT molecular complexity index is 3860. The maximum absolute atomic E-state index is 13.6. The molecule has 0 atom stereocenters. The number of benzene rings is 6. The number of amides is 2. The van der Waals surface area contributed by atoms with Crippen molar-refractivity contribution in [2.75, 3.05) is 26.6 Å². The van der Waals surface area contributed by atoms with Gasteiger partial charge in [0.05, 0.1) is 33.8 Å². The minimum absolute atomic E-state index is 0.114. The summed E-state index contributed by atoms with van der Waals surface area (Å²) in [5.41, 5.74) is 4.82. The zero-order valence-electron chi connectivity index (χ0n) is 45.9. The minimum Gasteiger partial charge on any atom is -0.456 e. The number of hydrogen-bond donors (Lipinski definition) is 4. The molecule has 0 unspecified atom stereocenters. The molecular formula is C59H61BF2N2O14S2. The van der Waals surface area contributed by atoms with Gasteiger partial charge in [-0.25, -0.2) is 35.2 Å². The van der Waals surface area contributed by atoms with Crippen LogP contribution in [-0.4, -0.2) is 95.6 Å². The number of nitrogens with one attached hydrogen (secondary N) is 2. The van der Waals surface area contributed by atoms with Crippen molar-refractivity contribution < 1.29 is 73.2 Å². The summed E-state index contributed by atoms with van der Waals surface area (Å²) in [5.74, 6) is -2.45. The molecule has 2 aromatic heterocycles. The van der Waals surface area contributed by atoms with E-state index < -0.39 is 67.5 Å². The number of halogens is 2. The standard InChI is InChI=1S/C29H28FNO6S.C19H18FNO4S.C11H15BO4/c1-29(2,3)37-28(33)19-8-6-7-18(13-19)22-15-23-24(14-20(22)16-38(5,34)35)36-26(25(23)27(32)31-4)17-9-11-21(30)12-10-17;1-11-8-15-16(9-13(11)10-26(3,23)24)25-18(17(15)19(22)21-2)12-4-6-14(20)7-5-12;1-11(2,3)16-10(13)8-5-4-6-9(7-8)12(14)15/h6-15H,16H2,1-5H3,(H,31,32);4-9H,10H2,1-3H3,(H,21,22);4-7,14-15H,1-3H3. The molecule has 0 aliphatic carbocycles. The molecule has 6 aromatic carbocycles. The molecule has 0 bridgehead atoms. The van der Waals surface area contributed by atoms with E-state index in [9.17, 15) is 44.8 Å². The van der Waals surface area contributed by atoms with Crippen LogP contribution in [-0.2, 0) is 40.7 Å². The number of sulfone groups is 2. The predicted octanol–water partition coefficient (Wildman–Crippen LogP) is 9.54. The van der Waals surface area contributed by atoms with Crippen LogP contribution < -0.4 is 16.1 Å². The first-order valence-corrected chi connectivity index (χ1v) is 28.9. The Labute approximate surface area is 463 Å². The Kier molecular flexibility index (Phi) is 18.8. The van der Waals surface area contributed by atoms with Crippen LogP contribution in [0.5, 0.6) is 0 Å². The zero-order chi connectivity index (χ0) is 59.2. The van der Waals surface area contributed by atoms with Gasteiger partial charge in [-0.2, -0.15) is 0 Å². The first-order valence-electron chi connectivity index (χ1n) is 24.7. The van der Waals surface area contributed by atoms with E-state index in [-0.39, 0.29) is 34.2 Å². The van der Waals surface area contributed by atoms with Gasteiger partial charge in [-0.05, 0) is 179 Å². The highest BCUT2D eigenvalue weighted by Gasteiger charge is 2.27. The maximum Gasteiger partial charge on any atom is 0.488 e. The molecule has 420 valence electrons. The molecule has 0 fully saturated rings. The van der Waals surface area contributed by atoms with Gasteiger partial charge in [0.2, 0.25) is 0 Å². The van der Waals surface area contributed by atoms with Gasteiger partial charge in [0.15, 0.2) is 19.7 Å². The third-order valence-electron chi connectivity index (χ3n) is 11.6. The Balaban J connectivity index is 0.000000212. The molecule has 0 spiro atoms. The molecule has 0 saturated carbocycles. The molecule has 8 aromatic rings. The van der Waals surface area contributed by atoms with Crippen LogP contribution in [0, 0.1) is 18.6 Å². The van der Waals surface area contributed by atoms with Crippen LogP contribution in [0.4, 0.5) is 8.78 Å². The van der Waals surface area contributed by atoms with Crippen LogP contribution in [0.15, 0.2) is 130 Å². The smallest absolute Gasteiger partial charge is 0.456 e. The SMILES string of the molecule is CC(C)(C)OC(=O)c1cccc(B(O)O)c1.CNC(=O)c1c(-c2ccc(F)cc2)oc2cc(CS(C)(=O)=O)c(-c3cccc(C(=O)OC(C)(C)C)c3)cc12.CNC(=O)c1c(-c2ccc(F)cc2)oc2cc(CS(C)(=O)=O)c(C)cc12. The lowest BCUT2D eigenvalue weighted by Gasteiger charge is -2.19. The predicted molar refractivity (Wildman–Crippen MR) is 304 cm³/mol. The van der Waals surface area contributed by atoms with Crippen molar-refractivity contribution in [3.05, 3.63) is 172 Å². The Morgan fingerprint density at radius 3 is 1.40 bits per heavy atom. The summed E-state index contributed by atoms with van der Waals surface area (Å²) in [6.45, 7) is 12.4. The van der Waals surface area contributed by atoms with Crippen molar-refractivity contribution >= 4 is 77.9 Å². The number of hydrogen-bond acceptors (Lipinski definition) is 14. The minimum atomic E-state index is -3.46. The van der Waals surface area contributed by atoms with Crippen LogP contribution in [0.2, 0.25) is 0 Å². The van der Waals surface area contributed by atoms with E-state index in [1.165, 1.54) is 81.0 Å².